The zero-order valence-electron chi connectivity index (χ0n) is 13.5. The van der Waals surface area contributed by atoms with E-state index < -0.39 is 0 Å². The summed E-state index contributed by atoms with van der Waals surface area (Å²) in [4.78, 5) is 2.58. The number of nitrogens with zero attached hydrogens (tertiary/aromatic N) is 1. The first kappa shape index (κ1) is 14.9. The number of piperidine rings is 1. The van der Waals surface area contributed by atoms with Gasteiger partial charge in [-0.15, -0.1) is 0 Å². The zero-order valence-corrected chi connectivity index (χ0v) is 13.5. The van der Waals surface area contributed by atoms with E-state index in [0.717, 1.165) is 38.4 Å². The first-order valence-electron chi connectivity index (χ1n) is 8.42. The summed E-state index contributed by atoms with van der Waals surface area (Å²) in [5.41, 5.74) is 3.07. The molecule has 2 aliphatic rings. The fourth-order valence-corrected chi connectivity index (χ4v) is 3.72. The largest absolute Gasteiger partial charge is 0.492 e. The number of hydrogen-bond donors (Lipinski definition) is 1. The van der Waals surface area contributed by atoms with E-state index in [1.807, 2.05) is 0 Å². The highest BCUT2D eigenvalue weighted by atomic mass is 16.5. The third-order valence-electron chi connectivity index (χ3n) is 5.15. The Labute approximate surface area is 128 Å². The molecule has 1 saturated heterocycles. The van der Waals surface area contributed by atoms with E-state index in [-0.39, 0.29) is 5.54 Å². The van der Waals surface area contributed by atoms with Gasteiger partial charge < -0.3 is 10.1 Å². The maximum absolute atomic E-state index is 6.18. The lowest BCUT2D eigenvalue weighted by Gasteiger charge is -2.44. The molecule has 0 bridgehead atoms. The molecule has 0 aliphatic carbocycles. The summed E-state index contributed by atoms with van der Waals surface area (Å²) >= 11 is 0. The molecule has 3 rings (SSSR count). The van der Waals surface area contributed by atoms with Crippen LogP contribution < -0.4 is 10.1 Å². The molecular formula is C18H28N2O. The minimum Gasteiger partial charge on any atom is -0.492 e. The van der Waals surface area contributed by atoms with Crippen molar-refractivity contribution in [2.45, 2.75) is 51.6 Å². The van der Waals surface area contributed by atoms with Crippen LogP contribution in [-0.4, -0.2) is 36.7 Å². The van der Waals surface area contributed by atoms with Crippen LogP contribution in [0.4, 0.5) is 0 Å². The molecule has 2 heterocycles. The van der Waals surface area contributed by atoms with Crippen LogP contribution >= 0.6 is 0 Å². The number of nitrogens with one attached hydrogen (secondary N) is 1. The van der Waals surface area contributed by atoms with Crippen molar-refractivity contribution in [1.29, 1.82) is 0 Å². The van der Waals surface area contributed by atoms with Gasteiger partial charge in [0.15, 0.2) is 0 Å². The molecule has 1 aromatic rings. The van der Waals surface area contributed by atoms with Crippen molar-refractivity contribution >= 4 is 0 Å². The summed E-state index contributed by atoms with van der Waals surface area (Å²) in [6, 6.07) is 6.60. The Morgan fingerprint density at radius 1 is 1.29 bits per heavy atom. The second-order valence-electron chi connectivity index (χ2n) is 6.68. The second-order valence-corrected chi connectivity index (χ2v) is 6.68. The minimum atomic E-state index is 0.199. The molecule has 3 heteroatoms. The molecule has 1 atom stereocenters. The average molecular weight is 288 g/mol. The highest BCUT2D eigenvalue weighted by Crippen LogP contribution is 2.29. The van der Waals surface area contributed by atoms with Gasteiger partial charge in [0.25, 0.3) is 0 Å². The Kier molecular flexibility index (Phi) is 4.51. The Morgan fingerprint density at radius 3 is 3.05 bits per heavy atom. The summed E-state index contributed by atoms with van der Waals surface area (Å²) in [6.45, 7) is 9.84. The van der Waals surface area contributed by atoms with Gasteiger partial charge >= 0.3 is 0 Å². The fraction of sp³-hybridized carbons (Fsp3) is 0.667. The third kappa shape index (κ3) is 3.24. The van der Waals surface area contributed by atoms with Crippen molar-refractivity contribution in [3.63, 3.8) is 0 Å². The number of likely N-dealkylation sites (N-methyl/N-ethyl adjacent to an activating group) is 1. The van der Waals surface area contributed by atoms with Crippen LogP contribution in [0, 0.1) is 0 Å². The predicted octanol–water partition coefficient (Wildman–Crippen LogP) is 2.98. The molecular weight excluding hydrogens is 260 g/mol. The smallest absolute Gasteiger partial charge is 0.119 e. The zero-order chi connectivity index (χ0) is 14.7. The van der Waals surface area contributed by atoms with Gasteiger partial charge in [-0.25, -0.2) is 0 Å². The first-order chi connectivity index (χ1) is 10.2. The minimum absolute atomic E-state index is 0.199. The summed E-state index contributed by atoms with van der Waals surface area (Å²) in [5, 5.41) is 3.42. The second kappa shape index (κ2) is 6.37. The van der Waals surface area contributed by atoms with Gasteiger partial charge in [-0.2, -0.15) is 0 Å². The molecule has 21 heavy (non-hydrogen) atoms. The van der Waals surface area contributed by atoms with Crippen molar-refractivity contribution in [3.8, 4) is 5.75 Å². The third-order valence-corrected chi connectivity index (χ3v) is 5.15. The summed E-state index contributed by atoms with van der Waals surface area (Å²) in [5.74, 6) is 1.04. The van der Waals surface area contributed by atoms with Gasteiger partial charge in [0.1, 0.15) is 12.4 Å². The number of likely N-dealkylation sites (tertiary alicyclic amines) is 1. The monoisotopic (exact) mass is 288 g/mol. The van der Waals surface area contributed by atoms with E-state index in [4.69, 9.17) is 4.74 Å². The van der Waals surface area contributed by atoms with E-state index in [1.165, 1.54) is 36.9 Å². The fourth-order valence-electron chi connectivity index (χ4n) is 3.72. The molecule has 1 N–H and O–H groups in total. The van der Waals surface area contributed by atoms with Gasteiger partial charge in [-0.05, 0) is 69.1 Å². The predicted molar refractivity (Wildman–Crippen MR) is 86.9 cm³/mol. The average Bonchev–Trinajstić information content (AvgIpc) is 2.53. The van der Waals surface area contributed by atoms with E-state index in [9.17, 15) is 0 Å². The Hall–Kier alpha value is -1.06. The van der Waals surface area contributed by atoms with E-state index in [2.05, 4.69) is 42.3 Å². The van der Waals surface area contributed by atoms with Crippen molar-refractivity contribution in [1.82, 2.24) is 10.2 Å². The topological polar surface area (TPSA) is 24.5 Å². The molecule has 0 saturated carbocycles. The standard InChI is InChI=1S/C18H28N2O/c1-3-20-11-5-4-9-18(20,2)14-21-17-7-6-16-13-19-10-8-15(16)12-17/h6-7,12,19H,3-5,8-11,13-14H2,1-2H3. The van der Waals surface area contributed by atoms with Crippen LogP contribution in [0.15, 0.2) is 18.2 Å². The van der Waals surface area contributed by atoms with E-state index in [1.54, 1.807) is 0 Å². The molecule has 2 aliphatic heterocycles. The van der Waals surface area contributed by atoms with Gasteiger partial charge in [-0.3, -0.25) is 4.90 Å². The molecule has 1 aromatic carbocycles. The SMILES string of the molecule is CCN1CCCCC1(C)COc1ccc2c(c1)CCNC2. The first-order valence-corrected chi connectivity index (χ1v) is 8.42. The maximum Gasteiger partial charge on any atom is 0.119 e. The Balaban J connectivity index is 1.66. The number of benzene rings is 1. The lowest BCUT2D eigenvalue weighted by atomic mass is 9.89. The van der Waals surface area contributed by atoms with Crippen LogP contribution in [0.2, 0.25) is 0 Å². The lowest BCUT2D eigenvalue weighted by Crippen LogP contribution is -2.53. The Morgan fingerprint density at radius 2 is 2.19 bits per heavy atom. The van der Waals surface area contributed by atoms with Crippen LogP contribution in [0.3, 0.4) is 0 Å². The molecule has 0 aromatic heterocycles. The van der Waals surface area contributed by atoms with Gasteiger partial charge in [-0.1, -0.05) is 19.4 Å². The van der Waals surface area contributed by atoms with E-state index in [0.29, 0.717) is 0 Å². The van der Waals surface area contributed by atoms with Crippen LogP contribution in [0.5, 0.6) is 5.75 Å². The number of fused-ring (bicyclic) bond motifs is 1. The number of hydrogen-bond acceptors (Lipinski definition) is 3. The van der Waals surface area contributed by atoms with Crippen LogP contribution in [0.1, 0.15) is 44.2 Å². The summed E-state index contributed by atoms with van der Waals surface area (Å²) in [7, 11) is 0. The molecule has 1 unspecified atom stereocenters. The van der Waals surface area contributed by atoms with Crippen molar-refractivity contribution < 1.29 is 4.74 Å². The number of rotatable bonds is 4. The van der Waals surface area contributed by atoms with Crippen molar-refractivity contribution in [3.05, 3.63) is 29.3 Å². The van der Waals surface area contributed by atoms with Crippen molar-refractivity contribution in [2.24, 2.45) is 0 Å². The molecule has 3 nitrogen and oxygen atoms in total. The lowest BCUT2D eigenvalue weighted by molar-refractivity contribution is 0.0250. The summed E-state index contributed by atoms with van der Waals surface area (Å²) in [6.07, 6.45) is 5.02. The van der Waals surface area contributed by atoms with Crippen LogP contribution in [-0.2, 0) is 13.0 Å². The van der Waals surface area contributed by atoms with Crippen molar-refractivity contribution in [2.75, 3.05) is 26.2 Å². The van der Waals surface area contributed by atoms with Crippen LogP contribution in [0.25, 0.3) is 0 Å². The Bertz CT molecular complexity index is 488. The quantitative estimate of drug-likeness (QED) is 0.922. The van der Waals surface area contributed by atoms with Gasteiger partial charge in [0.2, 0.25) is 0 Å². The van der Waals surface area contributed by atoms with E-state index >= 15 is 0 Å². The normalized spacial score (nSPS) is 26.4. The number of ether oxygens (including phenoxy) is 1. The molecule has 0 spiro atoms. The molecule has 116 valence electrons. The molecule has 1 fully saturated rings. The molecule has 0 amide bonds. The highest BCUT2D eigenvalue weighted by molar-refractivity contribution is 5.37. The maximum atomic E-state index is 6.18. The molecule has 0 radical (unpaired) electrons. The van der Waals surface area contributed by atoms with Gasteiger partial charge in [0, 0.05) is 6.54 Å². The van der Waals surface area contributed by atoms with Gasteiger partial charge in [0.05, 0.1) is 5.54 Å². The summed E-state index contributed by atoms with van der Waals surface area (Å²) < 4.78 is 6.18. The highest BCUT2D eigenvalue weighted by Gasteiger charge is 2.34.